The fourth-order valence-electron chi connectivity index (χ4n) is 2.75. The molecule has 1 aromatic rings. The van der Waals surface area contributed by atoms with E-state index in [1.165, 1.54) is 6.42 Å². The first-order chi connectivity index (χ1) is 10.2. The van der Waals surface area contributed by atoms with Crippen LogP contribution in [0, 0.1) is 5.92 Å². The quantitative estimate of drug-likeness (QED) is 0.928. The Bertz CT molecular complexity index is 490. The Hall–Kier alpha value is -1.91. The van der Waals surface area contributed by atoms with E-state index in [1.54, 1.807) is 14.2 Å². The molecule has 5 nitrogen and oxygen atoms in total. The summed E-state index contributed by atoms with van der Waals surface area (Å²) in [6.07, 6.45) is 2.28. The summed E-state index contributed by atoms with van der Waals surface area (Å²) in [4.78, 5) is 14.1. The number of rotatable bonds is 4. The average Bonchev–Trinajstić information content (AvgIpc) is 2.51. The summed E-state index contributed by atoms with van der Waals surface area (Å²) >= 11 is 0. The lowest BCUT2D eigenvalue weighted by atomic mass is 10.0. The van der Waals surface area contributed by atoms with Gasteiger partial charge < -0.3 is 19.7 Å². The van der Waals surface area contributed by atoms with Gasteiger partial charge in [0.1, 0.15) is 0 Å². The van der Waals surface area contributed by atoms with Crippen LogP contribution in [0.5, 0.6) is 11.5 Å². The first kappa shape index (κ1) is 15.5. The van der Waals surface area contributed by atoms with Gasteiger partial charge in [-0.25, -0.2) is 4.79 Å². The van der Waals surface area contributed by atoms with Crippen LogP contribution in [0.15, 0.2) is 18.2 Å². The van der Waals surface area contributed by atoms with Gasteiger partial charge >= 0.3 is 6.03 Å². The number of piperidine rings is 1. The van der Waals surface area contributed by atoms with Crippen molar-refractivity contribution in [1.82, 2.24) is 10.2 Å². The summed E-state index contributed by atoms with van der Waals surface area (Å²) in [6, 6.07) is 5.66. The zero-order valence-corrected chi connectivity index (χ0v) is 13.0. The molecule has 116 valence electrons. The highest BCUT2D eigenvalue weighted by molar-refractivity contribution is 5.74. The number of hydrogen-bond acceptors (Lipinski definition) is 3. The van der Waals surface area contributed by atoms with Gasteiger partial charge in [0.15, 0.2) is 11.5 Å². The van der Waals surface area contributed by atoms with Crippen molar-refractivity contribution in [1.29, 1.82) is 0 Å². The maximum atomic E-state index is 12.2. The van der Waals surface area contributed by atoms with Crippen molar-refractivity contribution in [2.75, 3.05) is 27.3 Å². The van der Waals surface area contributed by atoms with Gasteiger partial charge in [-0.3, -0.25) is 0 Å². The number of nitrogens with zero attached hydrogens (tertiary/aromatic N) is 1. The second-order valence-electron chi connectivity index (χ2n) is 5.50. The summed E-state index contributed by atoms with van der Waals surface area (Å²) < 4.78 is 10.6. The first-order valence-electron chi connectivity index (χ1n) is 7.38. The van der Waals surface area contributed by atoms with Gasteiger partial charge in [0.25, 0.3) is 0 Å². The number of benzene rings is 1. The fraction of sp³-hybridized carbons (Fsp3) is 0.562. The molecule has 1 heterocycles. The number of amides is 2. The first-order valence-corrected chi connectivity index (χ1v) is 7.38. The number of methoxy groups -OCH3 is 2. The molecule has 1 fully saturated rings. The molecule has 0 aromatic heterocycles. The lowest BCUT2D eigenvalue weighted by Crippen LogP contribution is -2.44. The number of nitrogens with one attached hydrogen (secondary N) is 1. The van der Waals surface area contributed by atoms with Crippen LogP contribution in [-0.4, -0.2) is 38.2 Å². The molecule has 1 atom stereocenters. The zero-order chi connectivity index (χ0) is 15.2. The SMILES string of the molecule is COc1cccc(CNC(=O)N2CCC[C@H](C)C2)c1OC. The van der Waals surface area contributed by atoms with E-state index in [-0.39, 0.29) is 6.03 Å². The molecule has 2 rings (SSSR count). The Kier molecular flexibility index (Phi) is 5.31. The minimum Gasteiger partial charge on any atom is -0.493 e. The molecular formula is C16H24N2O3. The Labute approximate surface area is 126 Å². The predicted molar refractivity (Wildman–Crippen MR) is 81.8 cm³/mol. The van der Waals surface area contributed by atoms with Crippen LogP contribution in [0.2, 0.25) is 0 Å². The van der Waals surface area contributed by atoms with E-state index in [0.29, 0.717) is 24.0 Å². The number of likely N-dealkylation sites (tertiary alicyclic amines) is 1. The number of ether oxygens (including phenoxy) is 2. The molecule has 1 aromatic carbocycles. The van der Waals surface area contributed by atoms with Gasteiger partial charge in [-0.15, -0.1) is 0 Å². The Morgan fingerprint density at radius 2 is 2.19 bits per heavy atom. The minimum atomic E-state index is -0.00794. The van der Waals surface area contributed by atoms with Gasteiger partial charge in [-0.2, -0.15) is 0 Å². The molecule has 0 radical (unpaired) electrons. The van der Waals surface area contributed by atoms with Crippen LogP contribution in [-0.2, 0) is 6.54 Å². The highest BCUT2D eigenvalue weighted by atomic mass is 16.5. The van der Waals surface area contributed by atoms with E-state index in [0.717, 1.165) is 25.1 Å². The number of urea groups is 1. The molecule has 0 saturated carbocycles. The topological polar surface area (TPSA) is 50.8 Å². The van der Waals surface area contributed by atoms with E-state index in [9.17, 15) is 4.79 Å². The summed E-state index contributed by atoms with van der Waals surface area (Å²) in [5.41, 5.74) is 0.912. The van der Waals surface area contributed by atoms with Crippen molar-refractivity contribution in [3.8, 4) is 11.5 Å². The molecular weight excluding hydrogens is 268 g/mol. The van der Waals surface area contributed by atoms with Gasteiger partial charge in [-0.1, -0.05) is 19.1 Å². The smallest absolute Gasteiger partial charge is 0.317 e. The summed E-state index contributed by atoms with van der Waals surface area (Å²) in [5.74, 6) is 1.93. The highest BCUT2D eigenvalue weighted by Crippen LogP contribution is 2.30. The standard InChI is InChI=1S/C16H24N2O3/c1-12-6-5-9-18(11-12)16(19)17-10-13-7-4-8-14(20-2)15(13)21-3/h4,7-8,12H,5-6,9-11H2,1-3H3,(H,17,19)/t12-/m0/s1. The van der Waals surface area contributed by atoms with Crippen molar-refractivity contribution in [2.45, 2.75) is 26.3 Å². The van der Waals surface area contributed by atoms with Crippen molar-refractivity contribution < 1.29 is 14.3 Å². The molecule has 2 amide bonds. The third kappa shape index (κ3) is 3.80. The number of carbonyl (C=O) groups is 1. The predicted octanol–water partition coefficient (Wildman–Crippen LogP) is 2.65. The van der Waals surface area contributed by atoms with Gasteiger partial charge in [-0.05, 0) is 24.8 Å². The van der Waals surface area contributed by atoms with Crippen molar-refractivity contribution in [2.24, 2.45) is 5.92 Å². The van der Waals surface area contributed by atoms with Crippen LogP contribution in [0.25, 0.3) is 0 Å². The second kappa shape index (κ2) is 7.20. The molecule has 1 aliphatic heterocycles. The van der Waals surface area contributed by atoms with E-state index < -0.39 is 0 Å². The molecule has 0 bridgehead atoms. The van der Waals surface area contributed by atoms with Gasteiger partial charge in [0, 0.05) is 25.2 Å². The Morgan fingerprint density at radius 1 is 1.38 bits per heavy atom. The monoisotopic (exact) mass is 292 g/mol. The number of hydrogen-bond donors (Lipinski definition) is 1. The number of para-hydroxylation sites is 1. The Balaban J connectivity index is 1.98. The lowest BCUT2D eigenvalue weighted by molar-refractivity contribution is 0.169. The van der Waals surface area contributed by atoms with Gasteiger partial charge in [0.05, 0.1) is 14.2 Å². The van der Waals surface area contributed by atoms with E-state index in [4.69, 9.17) is 9.47 Å². The molecule has 1 aliphatic rings. The summed E-state index contributed by atoms with van der Waals surface area (Å²) in [7, 11) is 3.21. The largest absolute Gasteiger partial charge is 0.493 e. The average molecular weight is 292 g/mol. The molecule has 1 saturated heterocycles. The maximum absolute atomic E-state index is 12.2. The van der Waals surface area contributed by atoms with E-state index in [2.05, 4.69) is 12.2 Å². The number of carbonyl (C=O) groups excluding carboxylic acids is 1. The second-order valence-corrected chi connectivity index (χ2v) is 5.50. The highest BCUT2D eigenvalue weighted by Gasteiger charge is 2.21. The molecule has 1 N–H and O–H groups in total. The Morgan fingerprint density at radius 3 is 2.86 bits per heavy atom. The van der Waals surface area contributed by atoms with Crippen LogP contribution in [0.4, 0.5) is 4.79 Å². The van der Waals surface area contributed by atoms with Gasteiger partial charge in [0.2, 0.25) is 0 Å². The normalized spacial score (nSPS) is 18.2. The molecule has 0 spiro atoms. The molecule has 0 aliphatic carbocycles. The van der Waals surface area contributed by atoms with Crippen LogP contribution >= 0.6 is 0 Å². The van der Waals surface area contributed by atoms with Crippen LogP contribution < -0.4 is 14.8 Å². The van der Waals surface area contributed by atoms with Crippen molar-refractivity contribution in [3.05, 3.63) is 23.8 Å². The van der Waals surface area contributed by atoms with Crippen molar-refractivity contribution >= 4 is 6.03 Å². The maximum Gasteiger partial charge on any atom is 0.317 e. The minimum absolute atomic E-state index is 0.00794. The molecule has 0 unspecified atom stereocenters. The van der Waals surface area contributed by atoms with E-state index >= 15 is 0 Å². The third-order valence-electron chi connectivity index (χ3n) is 3.86. The molecule has 21 heavy (non-hydrogen) atoms. The zero-order valence-electron chi connectivity index (χ0n) is 13.0. The molecule has 5 heteroatoms. The van der Waals surface area contributed by atoms with Crippen LogP contribution in [0.1, 0.15) is 25.3 Å². The lowest BCUT2D eigenvalue weighted by Gasteiger charge is -2.31. The summed E-state index contributed by atoms with van der Waals surface area (Å²) in [6.45, 7) is 4.29. The fourth-order valence-corrected chi connectivity index (χ4v) is 2.75. The van der Waals surface area contributed by atoms with Crippen LogP contribution in [0.3, 0.4) is 0 Å². The third-order valence-corrected chi connectivity index (χ3v) is 3.86. The van der Waals surface area contributed by atoms with Crippen molar-refractivity contribution in [3.63, 3.8) is 0 Å². The van der Waals surface area contributed by atoms with E-state index in [1.807, 2.05) is 23.1 Å². The summed E-state index contributed by atoms with van der Waals surface area (Å²) in [5, 5.41) is 2.97.